The van der Waals surface area contributed by atoms with E-state index in [2.05, 4.69) is 15.2 Å². The lowest BCUT2D eigenvalue weighted by Gasteiger charge is -2.01. The second-order valence-electron chi connectivity index (χ2n) is 3.43. The van der Waals surface area contributed by atoms with Gasteiger partial charge in [-0.2, -0.15) is 5.10 Å². The van der Waals surface area contributed by atoms with E-state index in [0.717, 1.165) is 0 Å². The van der Waals surface area contributed by atoms with Crippen LogP contribution in [0.3, 0.4) is 0 Å². The van der Waals surface area contributed by atoms with Gasteiger partial charge in [0.1, 0.15) is 5.82 Å². The minimum atomic E-state index is -0.619. The Morgan fingerprint density at radius 2 is 2.33 bits per heavy atom. The average molecular weight is 250 g/mol. The number of nitrogens with one attached hydrogen (secondary N) is 1. The summed E-state index contributed by atoms with van der Waals surface area (Å²) in [6, 6.07) is 4.29. The maximum absolute atomic E-state index is 13.3. The third-order valence-corrected chi connectivity index (χ3v) is 2.25. The first-order valence-corrected chi connectivity index (χ1v) is 5.27. The SMILES string of the molecule is CCOC(=O)c1nc(-c2cccc(F)c2N)n[nH]1. The van der Waals surface area contributed by atoms with Gasteiger partial charge in [-0.05, 0) is 19.1 Å². The molecule has 0 aliphatic heterocycles. The molecule has 1 aromatic carbocycles. The van der Waals surface area contributed by atoms with Crippen LogP contribution in [0.1, 0.15) is 17.5 Å². The van der Waals surface area contributed by atoms with E-state index in [0.29, 0.717) is 5.56 Å². The maximum atomic E-state index is 13.3. The third-order valence-electron chi connectivity index (χ3n) is 2.25. The fraction of sp³-hybridized carbons (Fsp3) is 0.182. The summed E-state index contributed by atoms with van der Waals surface area (Å²) >= 11 is 0. The second-order valence-corrected chi connectivity index (χ2v) is 3.43. The summed E-state index contributed by atoms with van der Waals surface area (Å²) in [4.78, 5) is 15.3. The van der Waals surface area contributed by atoms with Gasteiger partial charge in [0, 0.05) is 5.56 Å². The number of aromatic nitrogens is 3. The lowest BCUT2D eigenvalue weighted by molar-refractivity contribution is 0.0512. The molecule has 94 valence electrons. The summed E-state index contributed by atoms with van der Waals surface area (Å²) in [5.41, 5.74) is 5.83. The van der Waals surface area contributed by atoms with Crippen LogP contribution >= 0.6 is 0 Å². The number of nitrogen functional groups attached to an aromatic ring is 1. The van der Waals surface area contributed by atoms with Crippen LogP contribution in [-0.2, 0) is 4.74 Å². The number of H-pyrrole nitrogens is 1. The second kappa shape index (κ2) is 4.82. The lowest BCUT2D eigenvalue weighted by atomic mass is 10.1. The van der Waals surface area contributed by atoms with E-state index in [1.165, 1.54) is 12.1 Å². The van der Waals surface area contributed by atoms with Gasteiger partial charge in [-0.25, -0.2) is 14.2 Å². The van der Waals surface area contributed by atoms with Crippen molar-refractivity contribution in [1.82, 2.24) is 15.2 Å². The number of benzene rings is 1. The first kappa shape index (κ1) is 12.0. The highest BCUT2D eigenvalue weighted by Crippen LogP contribution is 2.24. The van der Waals surface area contributed by atoms with Crippen molar-refractivity contribution in [2.75, 3.05) is 12.3 Å². The van der Waals surface area contributed by atoms with Gasteiger partial charge in [-0.15, -0.1) is 0 Å². The van der Waals surface area contributed by atoms with Gasteiger partial charge in [0.2, 0.25) is 5.82 Å². The maximum Gasteiger partial charge on any atom is 0.375 e. The minimum Gasteiger partial charge on any atom is -0.460 e. The van der Waals surface area contributed by atoms with Crippen molar-refractivity contribution >= 4 is 11.7 Å². The van der Waals surface area contributed by atoms with Crippen LogP contribution in [0.15, 0.2) is 18.2 Å². The van der Waals surface area contributed by atoms with Crippen molar-refractivity contribution in [3.05, 3.63) is 29.8 Å². The molecular weight excluding hydrogens is 239 g/mol. The van der Waals surface area contributed by atoms with Crippen LogP contribution in [0.2, 0.25) is 0 Å². The number of carbonyl (C=O) groups is 1. The zero-order valence-corrected chi connectivity index (χ0v) is 9.61. The van der Waals surface area contributed by atoms with Gasteiger partial charge < -0.3 is 10.5 Å². The fourth-order valence-electron chi connectivity index (χ4n) is 1.41. The predicted molar refractivity (Wildman–Crippen MR) is 62.1 cm³/mol. The molecule has 6 nitrogen and oxygen atoms in total. The molecule has 0 aliphatic rings. The molecule has 0 amide bonds. The van der Waals surface area contributed by atoms with E-state index in [1.807, 2.05) is 0 Å². The smallest absolute Gasteiger partial charge is 0.375 e. The number of para-hydroxylation sites is 1. The standard InChI is InChI=1S/C11H11FN4O2/c1-2-18-11(17)10-14-9(15-16-10)6-4-3-5-7(12)8(6)13/h3-5H,2,13H2,1H3,(H,14,15,16). The number of anilines is 1. The highest BCUT2D eigenvalue weighted by Gasteiger charge is 2.16. The van der Waals surface area contributed by atoms with Crippen molar-refractivity contribution in [3.8, 4) is 11.4 Å². The number of ether oxygens (including phenoxy) is 1. The molecule has 18 heavy (non-hydrogen) atoms. The van der Waals surface area contributed by atoms with Gasteiger partial charge in [0.15, 0.2) is 5.82 Å². The van der Waals surface area contributed by atoms with Crippen molar-refractivity contribution in [2.45, 2.75) is 6.92 Å². The van der Waals surface area contributed by atoms with Crippen molar-refractivity contribution in [3.63, 3.8) is 0 Å². The number of carbonyl (C=O) groups excluding carboxylic acids is 1. The van der Waals surface area contributed by atoms with Crippen LogP contribution in [-0.4, -0.2) is 27.8 Å². The number of aromatic amines is 1. The molecule has 0 bridgehead atoms. The number of halogens is 1. The quantitative estimate of drug-likeness (QED) is 0.633. The molecule has 0 unspecified atom stereocenters. The fourth-order valence-corrected chi connectivity index (χ4v) is 1.41. The van der Waals surface area contributed by atoms with Crippen molar-refractivity contribution in [2.24, 2.45) is 0 Å². The number of rotatable bonds is 3. The average Bonchev–Trinajstić information content (AvgIpc) is 2.82. The Balaban J connectivity index is 2.35. The Kier molecular flexibility index (Phi) is 3.22. The molecular formula is C11H11FN4O2. The summed E-state index contributed by atoms with van der Waals surface area (Å²) in [6.07, 6.45) is 0. The molecule has 2 rings (SSSR count). The molecule has 0 atom stereocenters. The number of nitrogens with two attached hydrogens (primary N) is 1. The van der Waals surface area contributed by atoms with E-state index in [1.54, 1.807) is 13.0 Å². The zero-order chi connectivity index (χ0) is 13.1. The Hall–Kier alpha value is -2.44. The topological polar surface area (TPSA) is 93.9 Å². The number of nitrogens with zero attached hydrogens (tertiary/aromatic N) is 2. The Morgan fingerprint density at radius 1 is 1.56 bits per heavy atom. The lowest BCUT2D eigenvalue weighted by Crippen LogP contribution is -2.06. The molecule has 1 aromatic heterocycles. The molecule has 0 fully saturated rings. The number of hydrogen-bond donors (Lipinski definition) is 2. The van der Waals surface area contributed by atoms with Crippen LogP contribution in [0.4, 0.5) is 10.1 Å². The van der Waals surface area contributed by atoms with Crippen molar-refractivity contribution < 1.29 is 13.9 Å². The zero-order valence-electron chi connectivity index (χ0n) is 9.61. The summed E-state index contributed by atoms with van der Waals surface area (Å²) in [6.45, 7) is 1.91. The molecule has 0 saturated heterocycles. The summed E-state index contributed by atoms with van der Waals surface area (Å²) < 4.78 is 18.0. The monoisotopic (exact) mass is 250 g/mol. The van der Waals surface area contributed by atoms with Gasteiger partial charge in [-0.3, -0.25) is 5.10 Å². The van der Waals surface area contributed by atoms with Crippen LogP contribution in [0.5, 0.6) is 0 Å². The van der Waals surface area contributed by atoms with Crippen LogP contribution in [0, 0.1) is 5.82 Å². The Labute approximate surface area is 102 Å². The van der Waals surface area contributed by atoms with Crippen LogP contribution in [0.25, 0.3) is 11.4 Å². The molecule has 1 heterocycles. The normalized spacial score (nSPS) is 10.3. The highest BCUT2D eigenvalue weighted by molar-refractivity contribution is 5.86. The molecule has 0 spiro atoms. The molecule has 0 aliphatic carbocycles. The summed E-state index contributed by atoms with van der Waals surface area (Å²) in [5, 5.41) is 6.23. The first-order chi connectivity index (χ1) is 8.63. The van der Waals surface area contributed by atoms with Gasteiger partial charge in [-0.1, -0.05) is 6.07 Å². The molecule has 0 radical (unpaired) electrons. The molecule has 2 aromatic rings. The minimum absolute atomic E-state index is 0.0458. The van der Waals surface area contributed by atoms with Crippen LogP contribution < -0.4 is 5.73 Å². The first-order valence-electron chi connectivity index (χ1n) is 5.27. The molecule has 3 N–H and O–H groups in total. The largest absolute Gasteiger partial charge is 0.460 e. The van der Waals surface area contributed by atoms with E-state index in [9.17, 15) is 9.18 Å². The number of hydrogen-bond acceptors (Lipinski definition) is 5. The molecule has 7 heteroatoms. The highest BCUT2D eigenvalue weighted by atomic mass is 19.1. The molecule has 0 saturated carbocycles. The summed E-state index contributed by atoms with van der Waals surface area (Å²) in [7, 11) is 0. The van der Waals surface area contributed by atoms with Gasteiger partial charge in [0.25, 0.3) is 0 Å². The van der Waals surface area contributed by atoms with E-state index in [4.69, 9.17) is 10.5 Å². The van der Waals surface area contributed by atoms with Gasteiger partial charge >= 0.3 is 5.97 Å². The van der Waals surface area contributed by atoms with Crippen molar-refractivity contribution in [1.29, 1.82) is 0 Å². The van der Waals surface area contributed by atoms with E-state index >= 15 is 0 Å². The predicted octanol–water partition coefficient (Wildman–Crippen LogP) is 1.37. The van der Waals surface area contributed by atoms with Gasteiger partial charge in [0.05, 0.1) is 12.3 Å². The third kappa shape index (κ3) is 2.15. The van der Waals surface area contributed by atoms with E-state index in [-0.39, 0.29) is 23.9 Å². The summed E-state index contributed by atoms with van der Waals surface area (Å²) in [5.74, 6) is -1.08. The Morgan fingerprint density at radius 3 is 3.06 bits per heavy atom. The number of esters is 1. The van der Waals surface area contributed by atoms with E-state index < -0.39 is 11.8 Å². The Bertz CT molecular complexity index is 582.